The molecule has 2 heterocycles. The molecular weight excluding hydrogens is 348 g/mol. The number of benzene rings is 1. The van der Waals surface area contributed by atoms with Crippen molar-refractivity contribution in [3.8, 4) is 5.75 Å². The van der Waals surface area contributed by atoms with E-state index < -0.39 is 0 Å². The maximum atomic E-state index is 11.9. The van der Waals surface area contributed by atoms with E-state index in [9.17, 15) is 4.79 Å². The van der Waals surface area contributed by atoms with Crippen molar-refractivity contribution in [2.75, 3.05) is 19.6 Å². The second-order valence-electron chi connectivity index (χ2n) is 5.24. The third kappa shape index (κ3) is 3.90. The molecule has 3 rings (SSSR count). The first-order chi connectivity index (χ1) is 10.7. The highest BCUT2D eigenvalue weighted by Gasteiger charge is 2.18. The Morgan fingerprint density at radius 2 is 2.05 bits per heavy atom. The zero-order valence-corrected chi connectivity index (χ0v) is 13.6. The van der Waals surface area contributed by atoms with Crippen LogP contribution in [0.25, 0.3) is 0 Å². The van der Waals surface area contributed by atoms with Crippen LogP contribution in [0.3, 0.4) is 0 Å². The lowest BCUT2D eigenvalue weighted by molar-refractivity contribution is 0.0910. The molecule has 116 valence electrons. The van der Waals surface area contributed by atoms with Gasteiger partial charge in [0.25, 0.3) is 5.91 Å². The van der Waals surface area contributed by atoms with Crippen molar-refractivity contribution >= 4 is 21.8 Å². The van der Waals surface area contributed by atoms with E-state index in [-0.39, 0.29) is 5.91 Å². The van der Waals surface area contributed by atoms with E-state index in [1.165, 1.54) is 0 Å². The highest BCUT2D eigenvalue weighted by Crippen LogP contribution is 2.18. The molecule has 1 aromatic heterocycles. The highest BCUT2D eigenvalue weighted by atomic mass is 79.9. The van der Waals surface area contributed by atoms with Crippen LogP contribution in [0.1, 0.15) is 16.3 Å². The number of hydrogen-bond acceptors (Lipinski definition) is 4. The Balaban J connectivity index is 1.49. The van der Waals surface area contributed by atoms with Gasteiger partial charge in [0, 0.05) is 30.0 Å². The summed E-state index contributed by atoms with van der Waals surface area (Å²) >= 11 is 3.37. The molecule has 1 amide bonds. The Bertz CT molecular complexity index is 635. The summed E-state index contributed by atoms with van der Waals surface area (Å²) in [6.45, 7) is 2.90. The van der Waals surface area contributed by atoms with Crippen LogP contribution >= 0.6 is 15.9 Å². The number of carbonyl (C=O) groups excluding carboxylic acids is 1. The molecule has 0 radical (unpaired) electrons. The van der Waals surface area contributed by atoms with Crippen LogP contribution in [0.4, 0.5) is 0 Å². The third-order valence-corrected chi connectivity index (χ3v) is 4.03. The fourth-order valence-electron chi connectivity index (χ4n) is 2.08. The average Bonchev–Trinajstić information content (AvgIpc) is 2.94. The molecule has 5 nitrogen and oxygen atoms in total. The zero-order chi connectivity index (χ0) is 15.4. The molecule has 0 unspecified atom stereocenters. The topological polar surface area (TPSA) is 63.5 Å². The zero-order valence-electron chi connectivity index (χ0n) is 12.0. The largest absolute Gasteiger partial charge is 0.486 e. The number of rotatable bonds is 6. The molecule has 22 heavy (non-hydrogen) atoms. The van der Waals surface area contributed by atoms with Crippen molar-refractivity contribution in [1.82, 2.24) is 10.6 Å². The van der Waals surface area contributed by atoms with E-state index in [0.717, 1.165) is 23.3 Å². The van der Waals surface area contributed by atoms with Gasteiger partial charge in [-0.05, 0) is 36.4 Å². The first-order valence-corrected chi connectivity index (χ1v) is 7.96. The Hall–Kier alpha value is -1.79. The lowest BCUT2D eigenvalue weighted by Crippen LogP contribution is -2.48. The number of carbonyl (C=O) groups is 1. The highest BCUT2D eigenvalue weighted by molar-refractivity contribution is 9.10. The van der Waals surface area contributed by atoms with Crippen molar-refractivity contribution < 1.29 is 13.9 Å². The van der Waals surface area contributed by atoms with Gasteiger partial charge in [-0.3, -0.25) is 4.79 Å². The Labute approximate surface area is 137 Å². The van der Waals surface area contributed by atoms with Crippen molar-refractivity contribution in [3.63, 3.8) is 0 Å². The minimum Gasteiger partial charge on any atom is -0.486 e. The molecule has 1 saturated heterocycles. The molecule has 0 aliphatic carbocycles. The third-order valence-electron chi connectivity index (χ3n) is 3.50. The summed E-state index contributed by atoms with van der Waals surface area (Å²) in [5.41, 5.74) is 0. The van der Waals surface area contributed by atoms with Crippen LogP contribution in [0, 0.1) is 5.92 Å². The van der Waals surface area contributed by atoms with Crippen LogP contribution in [0.5, 0.6) is 5.75 Å². The average molecular weight is 365 g/mol. The van der Waals surface area contributed by atoms with E-state index >= 15 is 0 Å². The second kappa shape index (κ2) is 6.98. The number of hydrogen-bond donors (Lipinski definition) is 2. The van der Waals surface area contributed by atoms with Crippen molar-refractivity contribution in [1.29, 1.82) is 0 Å². The van der Waals surface area contributed by atoms with Gasteiger partial charge in [0.1, 0.15) is 18.1 Å². The van der Waals surface area contributed by atoms with Gasteiger partial charge in [0.2, 0.25) is 0 Å². The van der Waals surface area contributed by atoms with Crippen LogP contribution in [0.2, 0.25) is 0 Å². The van der Waals surface area contributed by atoms with Crippen molar-refractivity contribution in [2.24, 2.45) is 5.92 Å². The van der Waals surface area contributed by atoms with Gasteiger partial charge in [-0.2, -0.15) is 0 Å². The summed E-state index contributed by atoms with van der Waals surface area (Å²) in [7, 11) is 0. The molecule has 1 aliphatic heterocycles. The predicted molar refractivity (Wildman–Crippen MR) is 85.9 cm³/mol. The van der Waals surface area contributed by atoms with Crippen molar-refractivity contribution in [3.05, 3.63) is 52.4 Å². The molecular formula is C16H17BrN2O3. The summed E-state index contributed by atoms with van der Waals surface area (Å²) in [5, 5.41) is 6.05. The normalized spacial score (nSPS) is 14.4. The Kier molecular flexibility index (Phi) is 4.80. The quantitative estimate of drug-likeness (QED) is 0.826. The number of nitrogens with one attached hydrogen (secondary N) is 2. The smallest absolute Gasteiger partial charge is 0.287 e. The summed E-state index contributed by atoms with van der Waals surface area (Å²) in [6.07, 6.45) is 0. The maximum absolute atomic E-state index is 11.9. The van der Waals surface area contributed by atoms with E-state index in [2.05, 4.69) is 26.6 Å². The van der Waals surface area contributed by atoms with Gasteiger partial charge >= 0.3 is 0 Å². The molecule has 6 heteroatoms. The Morgan fingerprint density at radius 3 is 2.73 bits per heavy atom. The maximum Gasteiger partial charge on any atom is 0.287 e. The SMILES string of the molecule is O=C(NCC1CNC1)c1ccc(COc2ccc(Br)cc2)o1. The van der Waals surface area contributed by atoms with Gasteiger partial charge in [0.15, 0.2) is 5.76 Å². The van der Waals surface area contributed by atoms with E-state index in [1.54, 1.807) is 12.1 Å². The monoisotopic (exact) mass is 364 g/mol. The standard InChI is InChI=1S/C16H17BrN2O3/c17-12-1-3-13(4-2-12)21-10-14-5-6-15(22-14)16(20)19-9-11-7-18-8-11/h1-6,11,18H,7-10H2,(H,19,20). The lowest BCUT2D eigenvalue weighted by atomic mass is 10.0. The Morgan fingerprint density at radius 1 is 1.27 bits per heavy atom. The molecule has 1 fully saturated rings. The lowest BCUT2D eigenvalue weighted by Gasteiger charge is -2.26. The van der Waals surface area contributed by atoms with E-state index in [1.807, 2.05) is 24.3 Å². The van der Waals surface area contributed by atoms with Gasteiger partial charge in [-0.25, -0.2) is 0 Å². The van der Waals surface area contributed by atoms with Gasteiger partial charge in [0.05, 0.1) is 0 Å². The summed E-state index contributed by atoms with van der Waals surface area (Å²) in [5.74, 6) is 2.05. The van der Waals surface area contributed by atoms with Gasteiger partial charge in [-0.15, -0.1) is 0 Å². The summed E-state index contributed by atoms with van der Waals surface area (Å²) in [4.78, 5) is 11.9. The van der Waals surface area contributed by atoms with Gasteiger partial charge in [-0.1, -0.05) is 15.9 Å². The predicted octanol–water partition coefficient (Wildman–Crippen LogP) is 2.57. The minimum absolute atomic E-state index is 0.179. The minimum atomic E-state index is -0.179. The van der Waals surface area contributed by atoms with Crippen LogP contribution in [-0.2, 0) is 6.61 Å². The van der Waals surface area contributed by atoms with Crippen molar-refractivity contribution in [2.45, 2.75) is 6.61 Å². The summed E-state index contributed by atoms with van der Waals surface area (Å²) < 4.78 is 12.1. The summed E-state index contributed by atoms with van der Waals surface area (Å²) in [6, 6.07) is 11.0. The van der Waals surface area contributed by atoms with Crippen LogP contribution < -0.4 is 15.4 Å². The fraction of sp³-hybridized carbons (Fsp3) is 0.312. The molecule has 1 aliphatic rings. The molecule has 0 bridgehead atoms. The van der Waals surface area contributed by atoms with E-state index in [0.29, 0.717) is 30.6 Å². The molecule has 2 aromatic rings. The number of amides is 1. The number of furan rings is 1. The van der Waals surface area contributed by atoms with Crippen LogP contribution in [0.15, 0.2) is 45.3 Å². The van der Waals surface area contributed by atoms with E-state index in [4.69, 9.17) is 9.15 Å². The molecule has 2 N–H and O–H groups in total. The molecule has 1 aromatic carbocycles. The number of ether oxygens (including phenoxy) is 1. The molecule has 0 spiro atoms. The van der Waals surface area contributed by atoms with Gasteiger partial charge < -0.3 is 19.8 Å². The molecule has 0 atom stereocenters. The molecule has 0 saturated carbocycles. The van der Waals surface area contributed by atoms with Crippen LogP contribution in [-0.4, -0.2) is 25.5 Å². The first-order valence-electron chi connectivity index (χ1n) is 7.17. The number of halogens is 1. The second-order valence-corrected chi connectivity index (χ2v) is 6.16. The fourth-order valence-corrected chi connectivity index (χ4v) is 2.34. The first kappa shape index (κ1) is 15.1.